The van der Waals surface area contributed by atoms with Crippen molar-refractivity contribution in [2.75, 3.05) is 6.61 Å². The highest BCUT2D eigenvalue weighted by Gasteiger charge is 2.52. The van der Waals surface area contributed by atoms with Crippen LogP contribution in [0.25, 0.3) is 0 Å². The number of imide groups is 1. The highest BCUT2D eigenvalue weighted by atomic mass is 19.1. The molecule has 27 heavy (non-hydrogen) atoms. The molecule has 8 heteroatoms. The van der Waals surface area contributed by atoms with Crippen molar-refractivity contribution in [1.82, 2.24) is 15.8 Å². The van der Waals surface area contributed by atoms with Gasteiger partial charge in [-0.3, -0.25) is 15.0 Å². The van der Waals surface area contributed by atoms with Crippen molar-refractivity contribution in [3.8, 4) is 5.75 Å². The number of benzene rings is 1. The summed E-state index contributed by atoms with van der Waals surface area (Å²) in [6.07, 6.45) is 3.27. The lowest BCUT2D eigenvalue weighted by atomic mass is 9.77. The lowest BCUT2D eigenvalue weighted by molar-refractivity contribution is -0.140. The van der Waals surface area contributed by atoms with Crippen LogP contribution in [0.1, 0.15) is 45.4 Å². The monoisotopic (exact) mass is 377 g/mol. The Morgan fingerprint density at radius 3 is 2.74 bits per heavy atom. The third-order valence-corrected chi connectivity index (χ3v) is 5.17. The van der Waals surface area contributed by atoms with Gasteiger partial charge in [-0.25, -0.2) is 9.18 Å². The maximum absolute atomic E-state index is 13.4. The van der Waals surface area contributed by atoms with E-state index in [4.69, 9.17) is 4.74 Å². The van der Waals surface area contributed by atoms with Crippen molar-refractivity contribution in [1.29, 1.82) is 0 Å². The number of carbonyl (C=O) groups excluding carboxylic acids is 3. The zero-order chi connectivity index (χ0) is 19.4. The molecule has 2 aliphatic rings. The SMILES string of the molecule is CC1CCC2(CC1)NC(=O)N(NC(=O)CCCOc1ccccc1F)C2=O. The topological polar surface area (TPSA) is 87.7 Å². The van der Waals surface area contributed by atoms with Crippen molar-refractivity contribution in [3.63, 3.8) is 0 Å². The molecule has 2 fully saturated rings. The van der Waals surface area contributed by atoms with Gasteiger partial charge in [0.25, 0.3) is 5.91 Å². The summed E-state index contributed by atoms with van der Waals surface area (Å²) in [6, 6.07) is 5.43. The van der Waals surface area contributed by atoms with Gasteiger partial charge in [0.1, 0.15) is 5.54 Å². The molecule has 1 spiro atoms. The number of hydrazine groups is 1. The van der Waals surface area contributed by atoms with Crippen molar-refractivity contribution < 1.29 is 23.5 Å². The Morgan fingerprint density at radius 2 is 2.04 bits per heavy atom. The summed E-state index contributed by atoms with van der Waals surface area (Å²) in [7, 11) is 0. The Kier molecular flexibility index (Phi) is 5.62. The molecule has 4 amide bonds. The van der Waals surface area contributed by atoms with E-state index in [1.165, 1.54) is 12.1 Å². The van der Waals surface area contributed by atoms with Crippen LogP contribution in [0.15, 0.2) is 24.3 Å². The van der Waals surface area contributed by atoms with E-state index in [-0.39, 0.29) is 18.8 Å². The number of hydrogen-bond donors (Lipinski definition) is 2. The van der Waals surface area contributed by atoms with Crippen LogP contribution in [0.5, 0.6) is 5.75 Å². The minimum Gasteiger partial charge on any atom is -0.491 e. The average molecular weight is 377 g/mol. The van der Waals surface area contributed by atoms with Gasteiger partial charge in [0.05, 0.1) is 6.61 Å². The molecule has 1 aliphatic heterocycles. The van der Waals surface area contributed by atoms with Crippen LogP contribution in [0, 0.1) is 11.7 Å². The quantitative estimate of drug-likeness (QED) is 0.589. The summed E-state index contributed by atoms with van der Waals surface area (Å²) >= 11 is 0. The van der Waals surface area contributed by atoms with Gasteiger partial charge in [0.15, 0.2) is 11.6 Å². The van der Waals surface area contributed by atoms with Gasteiger partial charge in [0, 0.05) is 6.42 Å². The van der Waals surface area contributed by atoms with E-state index in [0.29, 0.717) is 25.2 Å². The van der Waals surface area contributed by atoms with Gasteiger partial charge >= 0.3 is 6.03 Å². The van der Waals surface area contributed by atoms with E-state index in [2.05, 4.69) is 17.7 Å². The average Bonchev–Trinajstić information content (AvgIpc) is 2.87. The van der Waals surface area contributed by atoms with E-state index in [0.717, 1.165) is 17.9 Å². The number of para-hydroxylation sites is 1. The number of hydrogen-bond acceptors (Lipinski definition) is 4. The Balaban J connectivity index is 1.46. The Morgan fingerprint density at radius 1 is 1.33 bits per heavy atom. The van der Waals surface area contributed by atoms with Gasteiger partial charge in [0.2, 0.25) is 5.91 Å². The smallest absolute Gasteiger partial charge is 0.344 e. The van der Waals surface area contributed by atoms with Gasteiger partial charge in [-0.1, -0.05) is 19.1 Å². The van der Waals surface area contributed by atoms with E-state index in [9.17, 15) is 18.8 Å². The number of urea groups is 1. The van der Waals surface area contributed by atoms with Crippen LogP contribution in [-0.4, -0.2) is 35.0 Å². The molecule has 2 N–H and O–H groups in total. The minimum atomic E-state index is -0.884. The first-order valence-electron chi connectivity index (χ1n) is 9.25. The molecule has 1 saturated heterocycles. The molecule has 0 bridgehead atoms. The molecule has 1 aromatic carbocycles. The van der Waals surface area contributed by atoms with Crippen LogP contribution in [0.2, 0.25) is 0 Å². The van der Waals surface area contributed by atoms with Crippen molar-refractivity contribution in [3.05, 3.63) is 30.1 Å². The zero-order valence-electron chi connectivity index (χ0n) is 15.3. The van der Waals surface area contributed by atoms with Crippen LogP contribution in [0.4, 0.5) is 9.18 Å². The molecular weight excluding hydrogens is 353 g/mol. The second-order valence-corrected chi connectivity index (χ2v) is 7.25. The molecule has 1 aromatic rings. The van der Waals surface area contributed by atoms with Crippen LogP contribution in [0.3, 0.4) is 0 Å². The third kappa shape index (κ3) is 4.20. The summed E-state index contributed by atoms with van der Waals surface area (Å²) in [5, 5.41) is 3.53. The highest BCUT2D eigenvalue weighted by molar-refractivity contribution is 6.08. The molecule has 1 aliphatic carbocycles. The molecule has 7 nitrogen and oxygen atoms in total. The lowest BCUT2D eigenvalue weighted by Crippen LogP contribution is -2.51. The van der Waals surface area contributed by atoms with Crippen molar-refractivity contribution in [2.24, 2.45) is 5.92 Å². The molecule has 0 unspecified atom stereocenters. The minimum absolute atomic E-state index is 0.0511. The van der Waals surface area contributed by atoms with Crippen LogP contribution < -0.4 is 15.5 Å². The fourth-order valence-electron chi connectivity index (χ4n) is 3.47. The molecule has 1 heterocycles. The Bertz CT molecular complexity index is 731. The largest absolute Gasteiger partial charge is 0.491 e. The third-order valence-electron chi connectivity index (χ3n) is 5.17. The van der Waals surface area contributed by atoms with Crippen molar-refractivity contribution in [2.45, 2.75) is 51.0 Å². The van der Waals surface area contributed by atoms with E-state index < -0.39 is 29.2 Å². The van der Waals surface area contributed by atoms with Gasteiger partial charge in [-0.05, 0) is 50.2 Å². The molecule has 1 saturated carbocycles. The number of halogens is 1. The van der Waals surface area contributed by atoms with E-state index in [1.54, 1.807) is 12.1 Å². The van der Waals surface area contributed by atoms with E-state index >= 15 is 0 Å². The Hall–Kier alpha value is -2.64. The van der Waals surface area contributed by atoms with Crippen molar-refractivity contribution >= 4 is 17.8 Å². The predicted octanol–water partition coefficient (Wildman–Crippen LogP) is 2.52. The second kappa shape index (κ2) is 7.94. The van der Waals surface area contributed by atoms with Gasteiger partial charge in [-0.2, -0.15) is 5.01 Å². The first-order valence-corrected chi connectivity index (χ1v) is 9.25. The second-order valence-electron chi connectivity index (χ2n) is 7.25. The number of rotatable bonds is 6. The molecule has 0 atom stereocenters. The zero-order valence-corrected chi connectivity index (χ0v) is 15.3. The Labute approximate surface area is 157 Å². The number of nitrogens with zero attached hydrogens (tertiary/aromatic N) is 1. The standard InChI is InChI=1S/C19H24FN3O4/c1-13-8-10-19(11-9-13)17(25)23(18(26)21-19)22-16(24)7-4-12-27-15-6-3-2-5-14(15)20/h2-3,5-6,13H,4,7-12H2,1H3,(H,21,26)(H,22,24). The molecule has 0 radical (unpaired) electrons. The van der Waals surface area contributed by atoms with Gasteiger partial charge < -0.3 is 10.1 Å². The molecule has 146 valence electrons. The summed E-state index contributed by atoms with van der Waals surface area (Å²) in [6.45, 7) is 2.27. The van der Waals surface area contributed by atoms with E-state index in [1.807, 2.05) is 0 Å². The number of nitrogens with one attached hydrogen (secondary N) is 2. The maximum atomic E-state index is 13.4. The number of amides is 4. The fourth-order valence-corrected chi connectivity index (χ4v) is 3.47. The fraction of sp³-hybridized carbons (Fsp3) is 0.526. The first kappa shape index (κ1) is 19.1. The molecule has 3 rings (SSSR count). The molecular formula is C19H24FN3O4. The van der Waals surface area contributed by atoms with Gasteiger partial charge in [-0.15, -0.1) is 0 Å². The summed E-state index contributed by atoms with van der Waals surface area (Å²) < 4.78 is 18.7. The summed E-state index contributed by atoms with van der Waals surface area (Å²) in [5.74, 6) is -0.667. The molecule has 0 aromatic heterocycles. The summed E-state index contributed by atoms with van der Waals surface area (Å²) in [4.78, 5) is 36.9. The number of carbonyl (C=O) groups is 3. The van der Waals surface area contributed by atoms with Crippen LogP contribution >= 0.6 is 0 Å². The van der Waals surface area contributed by atoms with Crippen LogP contribution in [-0.2, 0) is 9.59 Å². The predicted molar refractivity (Wildman–Crippen MR) is 95.0 cm³/mol. The highest BCUT2D eigenvalue weighted by Crippen LogP contribution is 2.35. The normalized spacial score (nSPS) is 24.8. The number of ether oxygens (including phenoxy) is 1. The summed E-state index contributed by atoms with van der Waals surface area (Å²) in [5.41, 5.74) is 1.49. The maximum Gasteiger partial charge on any atom is 0.344 e. The lowest BCUT2D eigenvalue weighted by Gasteiger charge is -2.33. The first-order chi connectivity index (χ1) is 12.9.